The lowest BCUT2D eigenvalue weighted by Crippen LogP contribution is -2.31. The number of halogens is 4. The Hall–Kier alpha value is -2.64. The fourth-order valence-corrected chi connectivity index (χ4v) is 4.88. The number of nitrogens with zero attached hydrogens (tertiary/aromatic N) is 4. The van der Waals surface area contributed by atoms with Crippen molar-refractivity contribution in [2.24, 2.45) is 0 Å². The summed E-state index contributed by atoms with van der Waals surface area (Å²) in [5.41, 5.74) is -0.950. The van der Waals surface area contributed by atoms with Gasteiger partial charge in [0, 0.05) is 29.4 Å². The largest absolute Gasteiger partial charge is 0.497 e. The molecule has 2 heterocycles. The van der Waals surface area contributed by atoms with Gasteiger partial charge in [0.1, 0.15) is 27.9 Å². The van der Waals surface area contributed by atoms with Crippen LogP contribution >= 0.6 is 23.1 Å². The zero-order chi connectivity index (χ0) is 22.8. The minimum absolute atomic E-state index is 0.0543. The molecule has 0 spiro atoms. The highest BCUT2D eigenvalue weighted by Crippen LogP contribution is 2.36. The summed E-state index contributed by atoms with van der Waals surface area (Å²) >= 11 is 6.28. The molecule has 0 fully saturated rings. The van der Waals surface area contributed by atoms with Crippen molar-refractivity contribution in [1.29, 1.82) is 0 Å². The van der Waals surface area contributed by atoms with E-state index < -0.39 is 31.8 Å². The van der Waals surface area contributed by atoms with E-state index in [1.165, 1.54) is 14.2 Å². The van der Waals surface area contributed by atoms with Crippen LogP contribution in [0, 0.1) is 0 Å². The van der Waals surface area contributed by atoms with Gasteiger partial charge in [-0.3, -0.25) is 0 Å². The number of anilines is 1. The second-order valence-electron chi connectivity index (χ2n) is 5.92. The number of aromatic nitrogens is 3. The minimum Gasteiger partial charge on any atom is -0.497 e. The number of methoxy groups -OCH3 is 2. The van der Waals surface area contributed by atoms with Crippen LogP contribution in [0.25, 0.3) is 0 Å². The molecule has 0 unspecified atom stereocenters. The highest BCUT2D eigenvalue weighted by atomic mass is 35.5. The second kappa shape index (κ2) is 8.85. The first kappa shape index (κ1) is 23.0. The van der Waals surface area contributed by atoms with Gasteiger partial charge in [0.2, 0.25) is 5.13 Å². The van der Waals surface area contributed by atoms with Gasteiger partial charge >= 0.3 is 6.18 Å². The van der Waals surface area contributed by atoms with Gasteiger partial charge in [-0.25, -0.2) is 22.7 Å². The van der Waals surface area contributed by atoms with Gasteiger partial charge in [-0.05, 0) is 18.2 Å². The van der Waals surface area contributed by atoms with Crippen LogP contribution in [0.15, 0.2) is 41.7 Å². The Morgan fingerprint density at radius 2 is 1.90 bits per heavy atom. The summed E-state index contributed by atoms with van der Waals surface area (Å²) in [5.74, 6) is 0.789. The first-order valence-corrected chi connectivity index (χ1v) is 10.9. The van der Waals surface area contributed by atoms with Crippen LogP contribution in [0.1, 0.15) is 11.1 Å². The van der Waals surface area contributed by atoms with E-state index in [1.54, 1.807) is 18.2 Å². The van der Waals surface area contributed by atoms with Gasteiger partial charge in [-0.2, -0.15) is 17.5 Å². The number of ether oxygens (including phenoxy) is 2. The SMILES string of the molecule is COc1ccc(CN(c2ncns2)S(=O)(=O)c2cnc(Cl)c(C(F)(F)F)c2)c(OC)c1. The molecule has 166 valence electrons. The highest BCUT2D eigenvalue weighted by molar-refractivity contribution is 7.93. The molecule has 14 heteroatoms. The Morgan fingerprint density at radius 1 is 1.16 bits per heavy atom. The van der Waals surface area contributed by atoms with E-state index in [1.807, 2.05) is 0 Å². The number of rotatable bonds is 7. The van der Waals surface area contributed by atoms with Gasteiger partial charge in [0.05, 0.1) is 26.3 Å². The molecule has 0 amide bonds. The number of alkyl halides is 3. The Morgan fingerprint density at radius 3 is 2.48 bits per heavy atom. The monoisotopic (exact) mass is 494 g/mol. The average Bonchev–Trinajstić information content (AvgIpc) is 3.25. The van der Waals surface area contributed by atoms with Crippen LogP contribution in [0.3, 0.4) is 0 Å². The zero-order valence-electron chi connectivity index (χ0n) is 15.9. The zero-order valence-corrected chi connectivity index (χ0v) is 18.3. The number of benzene rings is 1. The van der Waals surface area contributed by atoms with Crippen molar-refractivity contribution in [1.82, 2.24) is 14.3 Å². The Kier molecular flexibility index (Phi) is 6.57. The molecule has 1 aromatic carbocycles. The molecule has 2 aromatic heterocycles. The summed E-state index contributed by atoms with van der Waals surface area (Å²) in [7, 11) is -1.68. The van der Waals surface area contributed by atoms with Crippen molar-refractivity contribution in [3.63, 3.8) is 0 Å². The van der Waals surface area contributed by atoms with Crippen LogP contribution in [-0.4, -0.2) is 37.0 Å². The normalized spacial score (nSPS) is 11.9. The summed E-state index contributed by atoms with van der Waals surface area (Å²) in [6.45, 7) is -0.297. The van der Waals surface area contributed by atoms with Gasteiger partial charge < -0.3 is 9.47 Å². The fraction of sp³-hybridized carbons (Fsp3) is 0.235. The maximum Gasteiger partial charge on any atom is 0.419 e. The maximum absolute atomic E-state index is 13.3. The third-order valence-electron chi connectivity index (χ3n) is 4.08. The lowest BCUT2D eigenvalue weighted by Gasteiger charge is -2.23. The van der Waals surface area contributed by atoms with Gasteiger partial charge in [-0.1, -0.05) is 11.6 Å². The molecular formula is C17H14ClF3N4O4S2. The number of sulfonamides is 1. The third kappa shape index (κ3) is 4.83. The third-order valence-corrected chi connectivity index (χ3v) is 6.89. The fourth-order valence-electron chi connectivity index (χ4n) is 2.57. The predicted molar refractivity (Wildman–Crippen MR) is 107 cm³/mol. The summed E-state index contributed by atoms with van der Waals surface area (Å²) in [6.07, 6.45) is -3.00. The lowest BCUT2D eigenvalue weighted by molar-refractivity contribution is -0.137. The number of hydrogen-bond donors (Lipinski definition) is 0. The molecule has 0 saturated heterocycles. The molecular weight excluding hydrogens is 481 g/mol. The number of pyridine rings is 1. The topological polar surface area (TPSA) is 94.5 Å². The van der Waals surface area contributed by atoms with Crippen molar-refractivity contribution < 1.29 is 31.1 Å². The molecule has 3 rings (SSSR count). The van der Waals surface area contributed by atoms with Crippen LogP contribution in [0.2, 0.25) is 5.15 Å². The molecule has 8 nitrogen and oxygen atoms in total. The van der Waals surface area contributed by atoms with E-state index >= 15 is 0 Å². The molecule has 3 aromatic rings. The summed E-state index contributed by atoms with van der Waals surface area (Å²) in [6, 6.07) is 5.15. The predicted octanol–water partition coefficient (Wildman–Crippen LogP) is 4.02. The summed E-state index contributed by atoms with van der Waals surface area (Å²) in [5, 5.41) is -0.910. The van der Waals surface area contributed by atoms with E-state index in [-0.39, 0.29) is 11.7 Å². The van der Waals surface area contributed by atoms with Crippen molar-refractivity contribution >= 4 is 38.3 Å². The molecule has 0 saturated carbocycles. The lowest BCUT2D eigenvalue weighted by atomic mass is 10.2. The Labute approximate surface area is 184 Å². The van der Waals surface area contributed by atoms with E-state index in [9.17, 15) is 21.6 Å². The van der Waals surface area contributed by atoms with Crippen molar-refractivity contribution in [2.45, 2.75) is 17.6 Å². The van der Waals surface area contributed by atoms with E-state index in [0.29, 0.717) is 23.1 Å². The summed E-state index contributed by atoms with van der Waals surface area (Å²) < 4.78 is 81.3. The van der Waals surface area contributed by atoms with E-state index in [4.69, 9.17) is 21.1 Å². The van der Waals surface area contributed by atoms with Gasteiger partial charge in [-0.15, -0.1) is 0 Å². The molecule has 0 atom stereocenters. The average molecular weight is 495 g/mol. The van der Waals surface area contributed by atoms with Crippen molar-refractivity contribution in [3.05, 3.63) is 53.1 Å². The molecule has 0 radical (unpaired) electrons. The van der Waals surface area contributed by atoms with E-state index in [0.717, 1.165) is 28.4 Å². The van der Waals surface area contributed by atoms with Crippen molar-refractivity contribution in [3.8, 4) is 11.5 Å². The van der Waals surface area contributed by atoms with Crippen LogP contribution < -0.4 is 13.8 Å². The molecule has 31 heavy (non-hydrogen) atoms. The van der Waals surface area contributed by atoms with Crippen LogP contribution in [-0.2, 0) is 22.7 Å². The first-order chi connectivity index (χ1) is 14.6. The van der Waals surface area contributed by atoms with Crippen molar-refractivity contribution in [2.75, 3.05) is 18.5 Å². The molecule has 0 bridgehead atoms. The molecule has 0 N–H and O–H groups in total. The number of hydrogen-bond acceptors (Lipinski definition) is 8. The maximum atomic E-state index is 13.3. The first-order valence-electron chi connectivity index (χ1n) is 8.31. The minimum atomic E-state index is -4.89. The standard InChI is InChI=1S/C17H14ClF3N4O4S2/c1-28-11-4-3-10(14(5-11)29-2)8-25(16-23-9-24-30-16)31(26,27)12-6-13(17(19,20)21)15(18)22-7-12/h3-7,9H,8H2,1-2H3. The Bertz CT molecular complexity index is 1170. The van der Waals surface area contributed by atoms with Crippen LogP contribution in [0.4, 0.5) is 18.3 Å². The van der Waals surface area contributed by atoms with Gasteiger partial charge in [0.15, 0.2) is 0 Å². The van der Waals surface area contributed by atoms with Crippen LogP contribution in [0.5, 0.6) is 11.5 Å². The van der Waals surface area contributed by atoms with Gasteiger partial charge in [0.25, 0.3) is 10.0 Å². The quantitative estimate of drug-likeness (QED) is 0.458. The highest BCUT2D eigenvalue weighted by Gasteiger charge is 2.37. The summed E-state index contributed by atoms with van der Waals surface area (Å²) in [4.78, 5) is 6.61. The van der Waals surface area contributed by atoms with E-state index in [2.05, 4.69) is 14.3 Å². The smallest absolute Gasteiger partial charge is 0.419 e. The Balaban J connectivity index is 2.10. The molecule has 0 aliphatic heterocycles. The second-order valence-corrected chi connectivity index (χ2v) is 8.90. The molecule has 0 aliphatic rings. The molecule has 0 aliphatic carbocycles.